The van der Waals surface area contributed by atoms with Crippen LogP contribution in [-0.4, -0.2) is 49.9 Å². The van der Waals surface area contributed by atoms with Crippen molar-refractivity contribution in [2.45, 2.75) is 25.8 Å². The molecular weight excluding hydrogens is 470 g/mol. The van der Waals surface area contributed by atoms with Gasteiger partial charge < -0.3 is 28.8 Å². The van der Waals surface area contributed by atoms with Crippen molar-refractivity contribution in [3.63, 3.8) is 0 Å². The number of rotatable bonds is 13. The normalized spacial score (nSPS) is 10.8. The number of para-hydroxylation sites is 4. The quantitative estimate of drug-likeness (QED) is 0.262. The number of ether oxygens (including phenoxy) is 4. The van der Waals surface area contributed by atoms with Crippen LogP contribution < -0.4 is 24.3 Å². The average molecular weight is 504 g/mol. The van der Waals surface area contributed by atoms with E-state index in [9.17, 15) is 4.79 Å². The summed E-state index contributed by atoms with van der Waals surface area (Å²) < 4.78 is 24.1. The molecule has 4 rings (SSSR count). The molecule has 0 saturated carbocycles. The second-order valence-electron chi connectivity index (χ2n) is 8.45. The smallest absolute Gasteiger partial charge is 0.251 e. The number of nitrogens with zero attached hydrogens (tertiary/aromatic N) is 2. The molecule has 1 N–H and O–H groups in total. The third-order valence-electron chi connectivity index (χ3n) is 6.09. The number of imidazole rings is 1. The molecule has 4 aromatic rings. The molecule has 0 atom stereocenters. The van der Waals surface area contributed by atoms with Crippen LogP contribution in [0.15, 0.2) is 66.7 Å². The first kappa shape index (κ1) is 25.9. The fourth-order valence-electron chi connectivity index (χ4n) is 4.24. The van der Waals surface area contributed by atoms with E-state index in [4.69, 9.17) is 23.9 Å². The second kappa shape index (κ2) is 12.7. The predicted molar refractivity (Wildman–Crippen MR) is 143 cm³/mol. The Kier molecular flexibility index (Phi) is 8.86. The lowest BCUT2D eigenvalue weighted by Crippen LogP contribution is -2.25. The summed E-state index contributed by atoms with van der Waals surface area (Å²) in [5, 5.41) is 2.99. The maximum Gasteiger partial charge on any atom is 0.251 e. The first-order valence-electron chi connectivity index (χ1n) is 12.3. The van der Waals surface area contributed by atoms with Crippen LogP contribution in [0.4, 0.5) is 0 Å². The Bertz CT molecular complexity index is 1330. The standard InChI is InChI=1S/C29H33N3O5/c1-34-24-12-6-7-13-26(24)37-19-9-18-32-23-11-5-4-10-22(23)31-28(32)14-8-17-30-29(33)21-15-16-25(35-2)27(20-21)36-3/h4-7,10-13,15-16,20H,8-9,14,17-19H2,1-3H3,(H,30,33). The molecule has 0 spiro atoms. The lowest BCUT2D eigenvalue weighted by Gasteiger charge is -2.12. The molecule has 3 aromatic carbocycles. The number of hydrogen-bond donors (Lipinski definition) is 1. The third kappa shape index (κ3) is 6.33. The van der Waals surface area contributed by atoms with Crippen LogP contribution in [0.2, 0.25) is 0 Å². The predicted octanol–water partition coefficient (Wildman–Crippen LogP) is 4.89. The van der Waals surface area contributed by atoms with Gasteiger partial charge in [-0.05, 0) is 55.3 Å². The van der Waals surface area contributed by atoms with Crippen molar-refractivity contribution in [1.82, 2.24) is 14.9 Å². The van der Waals surface area contributed by atoms with Crippen LogP contribution in [0.25, 0.3) is 11.0 Å². The van der Waals surface area contributed by atoms with E-state index in [1.54, 1.807) is 39.5 Å². The van der Waals surface area contributed by atoms with Crippen molar-refractivity contribution in [3.05, 3.63) is 78.1 Å². The van der Waals surface area contributed by atoms with E-state index >= 15 is 0 Å². The minimum atomic E-state index is -0.150. The van der Waals surface area contributed by atoms with Gasteiger partial charge in [-0.1, -0.05) is 24.3 Å². The monoisotopic (exact) mass is 503 g/mol. The lowest BCUT2D eigenvalue weighted by molar-refractivity contribution is 0.0952. The molecule has 1 heterocycles. The van der Waals surface area contributed by atoms with E-state index in [2.05, 4.69) is 16.0 Å². The number of benzene rings is 3. The number of hydrogen-bond acceptors (Lipinski definition) is 6. The first-order chi connectivity index (χ1) is 18.1. The van der Waals surface area contributed by atoms with Crippen molar-refractivity contribution >= 4 is 16.9 Å². The highest BCUT2D eigenvalue weighted by Gasteiger charge is 2.13. The summed E-state index contributed by atoms with van der Waals surface area (Å²) in [6.07, 6.45) is 2.33. The van der Waals surface area contributed by atoms with Gasteiger partial charge in [-0.25, -0.2) is 4.98 Å². The van der Waals surface area contributed by atoms with Crippen molar-refractivity contribution < 1.29 is 23.7 Å². The van der Waals surface area contributed by atoms with E-state index in [0.29, 0.717) is 30.2 Å². The van der Waals surface area contributed by atoms with Crippen LogP contribution in [0, 0.1) is 0 Å². The summed E-state index contributed by atoms with van der Waals surface area (Å²) in [6.45, 7) is 1.88. The molecular formula is C29H33N3O5. The van der Waals surface area contributed by atoms with E-state index in [0.717, 1.165) is 54.2 Å². The van der Waals surface area contributed by atoms with Gasteiger partial charge in [-0.3, -0.25) is 4.79 Å². The second-order valence-corrected chi connectivity index (χ2v) is 8.45. The molecule has 0 bridgehead atoms. The van der Waals surface area contributed by atoms with Crippen molar-refractivity contribution in [2.75, 3.05) is 34.5 Å². The first-order valence-corrected chi connectivity index (χ1v) is 12.3. The van der Waals surface area contributed by atoms with Crippen molar-refractivity contribution in [1.29, 1.82) is 0 Å². The molecule has 0 radical (unpaired) electrons. The van der Waals surface area contributed by atoms with Crippen LogP contribution >= 0.6 is 0 Å². The molecule has 1 aromatic heterocycles. The van der Waals surface area contributed by atoms with E-state index in [-0.39, 0.29) is 5.91 Å². The summed E-state index contributed by atoms with van der Waals surface area (Å²) in [5.74, 6) is 3.43. The number of amides is 1. The highest BCUT2D eigenvalue weighted by Crippen LogP contribution is 2.28. The number of carbonyl (C=O) groups is 1. The lowest BCUT2D eigenvalue weighted by atomic mass is 10.2. The number of nitrogens with one attached hydrogen (secondary N) is 1. The zero-order valence-corrected chi connectivity index (χ0v) is 21.5. The molecule has 37 heavy (non-hydrogen) atoms. The van der Waals surface area contributed by atoms with Gasteiger partial charge >= 0.3 is 0 Å². The molecule has 194 valence electrons. The molecule has 0 saturated heterocycles. The molecule has 0 fully saturated rings. The summed E-state index contributed by atoms with van der Waals surface area (Å²) in [4.78, 5) is 17.5. The molecule has 8 nitrogen and oxygen atoms in total. The topological polar surface area (TPSA) is 83.8 Å². The van der Waals surface area contributed by atoms with E-state index < -0.39 is 0 Å². The molecule has 0 aliphatic heterocycles. The highest BCUT2D eigenvalue weighted by atomic mass is 16.5. The Labute approximate surface area is 217 Å². The summed E-state index contributed by atoms with van der Waals surface area (Å²) in [7, 11) is 4.76. The number of aryl methyl sites for hydroxylation is 2. The van der Waals surface area contributed by atoms with Crippen molar-refractivity contribution in [3.8, 4) is 23.0 Å². The molecule has 0 unspecified atom stereocenters. The zero-order chi connectivity index (χ0) is 26.0. The molecule has 0 aliphatic carbocycles. The van der Waals surface area contributed by atoms with Gasteiger partial charge in [0.1, 0.15) is 5.82 Å². The van der Waals surface area contributed by atoms with Gasteiger partial charge in [-0.2, -0.15) is 0 Å². The van der Waals surface area contributed by atoms with Gasteiger partial charge in [0, 0.05) is 25.1 Å². The van der Waals surface area contributed by atoms with Crippen LogP contribution in [0.5, 0.6) is 23.0 Å². The van der Waals surface area contributed by atoms with Gasteiger partial charge in [0.25, 0.3) is 5.91 Å². The summed E-state index contributed by atoms with van der Waals surface area (Å²) >= 11 is 0. The largest absolute Gasteiger partial charge is 0.493 e. The summed E-state index contributed by atoms with van der Waals surface area (Å²) in [5.41, 5.74) is 2.60. The van der Waals surface area contributed by atoms with Gasteiger partial charge in [0.15, 0.2) is 23.0 Å². The SMILES string of the molecule is COc1ccc(C(=O)NCCCc2nc3ccccc3n2CCCOc2ccccc2OC)cc1OC. The zero-order valence-electron chi connectivity index (χ0n) is 21.5. The third-order valence-corrected chi connectivity index (χ3v) is 6.09. The summed E-state index contributed by atoms with van der Waals surface area (Å²) in [6, 6.07) is 20.9. The molecule has 0 aliphatic rings. The van der Waals surface area contributed by atoms with E-state index in [1.807, 2.05) is 42.5 Å². The Hall–Kier alpha value is -4.20. The van der Waals surface area contributed by atoms with Gasteiger partial charge in [-0.15, -0.1) is 0 Å². The maximum absolute atomic E-state index is 12.6. The van der Waals surface area contributed by atoms with Crippen LogP contribution in [0.1, 0.15) is 29.0 Å². The highest BCUT2D eigenvalue weighted by molar-refractivity contribution is 5.94. The Balaban J connectivity index is 1.33. The van der Waals surface area contributed by atoms with E-state index in [1.165, 1.54) is 0 Å². The van der Waals surface area contributed by atoms with Gasteiger partial charge in [0.05, 0.1) is 39.0 Å². The number of fused-ring (bicyclic) bond motifs is 1. The minimum absolute atomic E-state index is 0.150. The Morgan fingerprint density at radius 3 is 2.32 bits per heavy atom. The molecule has 8 heteroatoms. The number of carbonyl (C=O) groups excluding carboxylic acids is 1. The Morgan fingerprint density at radius 1 is 0.838 bits per heavy atom. The Morgan fingerprint density at radius 2 is 1.54 bits per heavy atom. The average Bonchev–Trinajstić information content (AvgIpc) is 3.30. The fraction of sp³-hybridized carbons (Fsp3) is 0.310. The van der Waals surface area contributed by atoms with Crippen molar-refractivity contribution in [2.24, 2.45) is 0 Å². The minimum Gasteiger partial charge on any atom is -0.493 e. The fourth-order valence-corrected chi connectivity index (χ4v) is 4.24. The van der Waals surface area contributed by atoms with Gasteiger partial charge in [0.2, 0.25) is 0 Å². The number of aromatic nitrogens is 2. The number of methoxy groups -OCH3 is 3. The maximum atomic E-state index is 12.6. The van der Waals surface area contributed by atoms with Crippen LogP contribution in [0.3, 0.4) is 0 Å². The van der Waals surface area contributed by atoms with Crippen LogP contribution in [-0.2, 0) is 13.0 Å². The molecule has 1 amide bonds.